The number of carbonyl (C=O) groups excluding carboxylic acids is 2. The second-order valence-corrected chi connectivity index (χ2v) is 8.38. The summed E-state index contributed by atoms with van der Waals surface area (Å²) in [5, 5.41) is 3.47. The van der Waals surface area contributed by atoms with Crippen LogP contribution in [-0.2, 0) is 28.6 Å². The molecule has 5 rings (SSSR count). The molecule has 0 spiro atoms. The highest BCUT2D eigenvalue weighted by atomic mass is 19.4. The number of hydrogen-bond donors (Lipinski definition) is 3. The number of benzene rings is 1. The second-order valence-electron chi connectivity index (χ2n) is 8.38. The van der Waals surface area contributed by atoms with Crippen molar-refractivity contribution in [1.29, 1.82) is 0 Å². The van der Waals surface area contributed by atoms with E-state index in [1.165, 1.54) is 29.3 Å². The van der Waals surface area contributed by atoms with Crippen molar-refractivity contribution in [3.63, 3.8) is 0 Å². The van der Waals surface area contributed by atoms with Gasteiger partial charge in [-0.25, -0.2) is 4.98 Å². The van der Waals surface area contributed by atoms with Crippen LogP contribution in [0.4, 0.5) is 13.2 Å². The summed E-state index contributed by atoms with van der Waals surface area (Å²) in [6.45, 7) is 0. The highest BCUT2D eigenvalue weighted by Gasteiger charge is 2.35. The van der Waals surface area contributed by atoms with E-state index in [0.29, 0.717) is 5.56 Å². The van der Waals surface area contributed by atoms with E-state index in [1.54, 1.807) is 12.3 Å². The Kier molecular flexibility index (Phi) is 5.75. The maximum Gasteiger partial charge on any atom is 0.420 e. The molecule has 5 aromatic rings. The van der Waals surface area contributed by atoms with Crippen molar-refractivity contribution in [2.24, 2.45) is 5.73 Å². The molecule has 2 amide bonds. The maximum atomic E-state index is 13.8. The van der Waals surface area contributed by atoms with Crippen LogP contribution in [0.3, 0.4) is 0 Å². The molecule has 0 saturated heterocycles. The number of amides is 2. The Morgan fingerprint density at radius 1 is 1.17 bits per heavy atom. The first-order valence-electron chi connectivity index (χ1n) is 10.9. The molecule has 0 fully saturated rings. The van der Waals surface area contributed by atoms with E-state index < -0.39 is 29.6 Å². The quantitative estimate of drug-likeness (QED) is 0.318. The number of pyridine rings is 1. The molecule has 0 aliphatic carbocycles. The fourth-order valence-corrected chi connectivity index (χ4v) is 4.18. The molecule has 1 atom stereocenters. The van der Waals surface area contributed by atoms with Crippen LogP contribution in [0, 0.1) is 0 Å². The Labute approximate surface area is 201 Å². The standard InChI is InChI=1S/C25H20F3N5O3/c26-25(27,28)19-7-16(14-5-6-36-13-14)11-33-12-17(31-24(19)33)9-22(34)32-21(23(29)35)8-15-10-30-20-4-2-1-3-18(15)20/h1-7,10-13,21,30H,8-9H2,(H2,29,35)(H,32,34)/t21-/m0/s1. The number of H-pyrrole nitrogens is 1. The van der Waals surface area contributed by atoms with E-state index in [2.05, 4.69) is 15.3 Å². The molecular weight excluding hydrogens is 475 g/mol. The van der Waals surface area contributed by atoms with Crippen LogP contribution in [0.1, 0.15) is 16.8 Å². The topological polar surface area (TPSA) is 118 Å². The smallest absolute Gasteiger partial charge is 0.420 e. The Hall–Kier alpha value is -4.54. The van der Waals surface area contributed by atoms with Gasteiger partial charge in [0.25, 0.3) is 0 Å². The largest absolute Gasteiger partial charge is 0.472 e. The predicted octanol–water partition coefficient (Wildman–Crippen LogP) is 3.85. The van der Waals surface area contributed by atoms with Gasteiger partial charge in [0.2, 0.25) is 11.8 Å². The Morgan fingerprint density at radius 3 is 2.69 bits per heavy atom. The summed E-state index contributed by atoms with van der Waals surface area (Å²) in [5.41, 5.74) is 6.77. The summed E-state index contributed by atoms with van der Waals surface area (Å²) in [7, 11) is 0. The molecular formula is C25H20F3N5O3. The number of halogens is 3. The number of aromatic amines is 1. The number of alkyl halides is 3. The predicted molar refractivity (Wildman–Crippen MR) is 125 cm³/mol. The van der Waals surface area contributed by atoms with Gasteiger partial charge in [0.05, 0.1) is 30.2 Å². The van der Waals surface area contributed by atoms with Crippen LogP contribution in [0.15, 0.2) is 71.9 Å². The minimum atomic E-state index is -4.66. The van der Waals surface area contributed by atoms with E-state index in [4.69, 9.17) is 10.2 Å². The van der Waals surface area contributed by atoms with Gasteiger partial charge in [-0.3, -0.25) is 9.59 Å². The van der Waals surface area contributed by atoms with Crippen LogP contribution in [0.2, 0.25) is 0 Å². The molecule has 184 valence electrons. The number of aromatic nitrogens is 3. The maximum absolute atomic E-state index is 13.8. The molecule has 1 aromatic carbocycles. The number of fused-ring (bicyclic) bond motifs is 2. The molecule has 4 aromatic heterocycles. The lowest BCUT2D eigenvalue weighted by Crippen LogP contribution is -2.46. The number of rotatable bonds is 7. The first-order chi connectivity index (χ1) is 17.2. The van der Waals surface area contributed by atoms with E-state index in [1.807, 2.05) is 24.3 Å². The van der Waals surface area contributed by atoms with Crippen LogP contribution < -0.4 is 11.1 Å². The van der Waals surface area contributed by atoms with Gasteiger partial charge in [-0.1, -0.05) is 18.2 Å². The van der Waals surface area contributed by atoms with Gasteiger partial charge in [0, 0.05) is 47.0 Å². The molecule has 4 heterocycles. The van der Waals surface area contributed by atoms with Gasteiger partial charge >= 0.3 is 6.18 Å². The lowest BCUT2D eigenvalue weighted by molar-refractivity contribution is -0.136. The zero-order chi connectivity index (χ0) is 25.4. The minimum absolute atomic E-state index is 0.109. The zero-order valence-electron chi connectivity index (χ0n) is 18.7. The summed E-state index contributed by atoms with van der Waals surface area (Å²) in [6.07, 6.45) is 2.43. The van der Waals surface area contributed by atoms with Crippen LogP contribution >= 0.6 is 0 Å². The number of imidazole rings is 1. The van der Waals surface area contributed by atoms with Crippen molar-refractivity contribution >= 4 is 28.4 Å². The van der Waals surface area contributed by atoms with Gasteiger partial charge in [0.1, 0.15) is 11.7 Å². The molecule has 0 aliphatic rings. The van der Waals surface area contributed by atoms with Crippen molar-refractivity contribution in [1.82, 2.24) is 19.7 Å². The van der Waals surface area contributed by atoms with Crippen molar-refractivity contribution < 1.29 is 27.2 Å². The molecule has 4 N–H and O–H groups in total. The number of nitrogens with two attached hydrogens (primary N) is 1. The van der Waals surface area contributed by atoms with Crippen LogP contribution in [0.5, 0.6) is 0 Å². The zero-order valence-corrected chi connectivity index (χ0v) is 18.7. The molecule has 8 nitrogen and oxygen atoms in total. The van der Waals surface area contributed by atoms with Gasteiger partial charge in [0.15, 0.2) is 0 Å². The fraction of sp³-hybridized carbons (Fsp3) is 0.160. The van der Waals surface area contributed by atoms with Crippen molar-refractivity contribution in [2.45, 2.75) is 25.1 Å². The van der Waals surface area contributed by atoms with E-state index in [-0.39, 0.29) is 29.7 Å². The van der Waals surface area contributed by atoms with E-state index in [9.17, 15) is 22.8 Å². The first kappa shape index (κ1) is 23.2. The number of furan rings is 1. The van der Waals surface area contributed by atoms with Crippen molar-refractivity contribution in [3.8, 4) is 11.1 Å². The summed E-state index contributed by atoms with van der Waals surface area (Å²) in [4.78, 5) is 31.9. The number of carbonyl (C=O) groups is 2. The third-order valence-electron chi connectivity index (χ3n) is 5.88. The average molecular weight is 495 g/mol. The van der Waals surface area contributed by atoms with Gasteiger partial charge < -0.3 is 24.9 Å². The molecule has 0 aliphatic heterocycles. The highest BCUT2D eigenvalue weighted by molar-refractivity contribution is 5.89. The lowest BCUT2D eigenvalue weighted by atomic mass is 10.0. The van der Waals surface area contributed by atoms with E-state index in [0.717, 1.165) is 22.5 Å². The number of nitrogens with one attached hydrogen (secondary N) is 2. The summed E-state index contributed by atoms with van der Waals surface area (Å²) < 4.78 is 47.5. The monoisotopic (exact) mass is 495 g/mol. The van der Waals surface area contributed by atoms with E-state index >= 15 is 0 Å². The molecule has 0 radical (unpaired) electrons. The number of nitrogens with zero attached hydrogens (tertiary/aromatic N) is 2. The Bertz CT molecular complexity index is 1570. The minimum Gasteiger partial charge on any atom is -0.472 e. The number of hydrogen-bond acceptors (Lipinski definition) is 4. The van der Waals surface area contributed by atoms with Gasteiger partial charge in [-0.2, -0.15) is 13.2 Å². The average Bonchev–Trinajstić information content (AvgIpc) is 3.57. The Balaban J connectivity index is 1.38. The van der Waals surface area contributed by atoms with Crippen molar-refractivity contribution in [3.05, 3.63) is 84.3 Å². The molecule has 11 heteroatoms. The van der Waals surface area contributed by atoms with Crippen LogP contribution in [-0.4, -0.2) is 32.2 Å². The number of para-hydroxylation sites is 1. The van der Waals surface area contributed by atoms with Gasteiger partial charge in [-0.05, 0) is 23.8 Å². The third kappa shape index (κ3) is 4.54. The molecule has 0 saturated carbocycles. The summed E-state index contributed by atoms with van der Waals surface area (Å²) in [5.74, 6) is -1.32. The SMILES string of the molecule is NC(=O)[C@H](Cc1c[nH]c2ccccc12)NC(=O)Cc1cn2cc(-c3ccoc3)cc(C(F)(F)F)c2n1. The second kappa shape index (κ2) is 8.91. The molecule has 0 unspecified atom stereocenters. The summed E-state index contributed by atoms with van der Waals surface area (Å²) >= 11 is 0. The first-order valence-corrected chi connectivity index (χ1v) is 10.9. The van der Waals surface area contributed by atoms with Crippen LogP contribution in [0.25, 0.3) is 27.7 Å². The fourth-order valence-electron chi connectivity index (χ4n) is 4.18. The Morgan fingerprint density at radius 2 is 1.97 bits per heavy atom. The molecule has 0 bridgehead atoms. The third-order valence-corrected chi connectivity index (χ3v) is 5.88. The summed E-state index contributed by atoms with van der Waals surface area (Å²) in [6, 6.07) is 9.01. The number of primary amides is 1. The lowest BCUT2D eigenvalue weighted by Gasteiger charge is -2.15. The van der Waals surface area contributed by atoms with Crippen molar-refractivity contribution in [2.75, 3.05) is 0 Å². The van der Waals surface area contributed by atoms with Gasteiger partial charge in [-0.15, -0.1) is 0 Å². The highest BCUT2D eigenvalue weighted by Crippen LogP contribution is 2.35. The normalized spacial score (nSPS) is 12.8. The molecule has 36 heavy (non-hydrogen) atoms.